The molecule has 2 aromatic carbocycles. The average Bonchev–Trinajstić information content (AvgIpc) is 2.70. The lowest BCUT2D eigenvalue weighted by Gasteiger charge is -2.40. The Bertz CT molecular complexity index is 897. The normalized spacial score (nSPS) is 22.2. The summed E-state index contributed by atoms with van der Waals surface area (Å²) in [6, 6.07) is 15.2. The molecule has 2 amide bonds. The molecule has 2 aliphatic rings. The van der Waals surface area contributed by atoms with Crippen molar-refractivity contribution in [2.75, 3.05) is 31.5 Å². The van der Waals surface area contributed by atoms with Crippen LogP contribution >= 0.6 is 11.6 Å². The number of nitrogens with one attached hydrogen (secondary N) is 1. The molecule has 1 unspecified atom stereocenters. The third kappa shape index (κ3) is 3.57. The maximum absolute atomic E-state index is 13.1. The fraction of sp³-hybridized carbons (Fsp3) is 0.333. The molecule has 0 aliphatic carbocycles. The Morgan fingerprint density at radius 2 is 1.86 bits per heavy atom. The van der Waals surface area contributed by atoms with Crippen LogP contribution in [-0.2, 0) is 16.1 Å². The number of piperazine rings is 1. The Hall–Kier alpha value is -2.57. The van der Waals surface area contributed by atoms with Crippen molar-refractivity contribution in [2.24, 2.45) is 0 Å². The molecule has 0 radical (unpaired) electrons. The second-order valence-corrected chi connectivity index (χ2v) is 7.72. The van der Waals surface area contributed by atoms with Crippen LogP contribution in [0.2, 0.25) is 5.02 Å². The highest BCUT2D eigenvalue weighted by atomic mass is 35.5. The van der Waals surface area contributed by atoms with E-state index >= 15 is 0 Å². The fourth-order valence-electron chi connectivity index (χ4n) is 3.59. The molecule has 0 saturated carbocycles. The number of halogens is 1. The fourth-order valence-corrected chi connectivity index (χ4v) is 3.76. The van der Waals surface area contributed by atoms with Gasteiger partial charge in [0.05, 0.1) is 5.69 Å². The van der Waals surface area contributed by atoms with Crippen LogP contribution < -0.4 is 10.1 Å². The van der Waals surface area contributed by atoms with Gasteiger partial charge in [-0.05, 0) is 30.7 Å². The van der Waals surface area contributed by atoms with Gasteiger partial charge < -0.3 is 15.0 Å². The van der Waals surface area contributed by atoms with Gasteiger partial charge in [-0.3, -0.25) is 14.5 Å². The van der Waals surface area contributed by atoms with Gasteiger partial charge in [0.1, 0.15) is 5.75 Å². The van der Waals surface area contributed by atoms with E-state index in [1.54, 1.807) is 23.1 Å². The van der Waals surface area contributed by atoms with E-state index in [9.17, 15) is 9.59 Å². The summed E-state index contributed by atoms with van der Waals surface area (Å²) in [7, 11) is 0. The van der Waals surface area contributed by atoms with E-state index in [-0.39, 0.29) is 5.91 Å². The molecule has 6 nitrogen and oxygen atoms in total. The van der Waals surface area contributed by atoms with Gasteiger partial charge in [0, 0.05) is 37.7 Å². The molecule has 0 aromatic heterocycles. The monoisotopic (exact) mass is 399 g/mol. The summed E-state index contributed by atoms with van der Waals surface area (Å²) in [6.45, 7) is 5.01. The topological polar surface area (TPSA) is 61.9 Å². The Morgan fingerprint density at radius 3 is 2.57 bits per heavy atom. The molecular formula is C21H22ClN3O3. The number of amides is 2. The summed E-state index contributed by atoms with van der Waals surface area (Å²) >= 11 is 5.96. The lowest BCUT2D eigenvalue weighted by molar-refractivity contribution is -0.155. The SMILES string of the molecule is CC1(C(=O)N2CCN(Cc3ccccc3)CC2)Oc2ccc(Cl)cc2NC1=O. The van der Waals surface area contributed by atoms with Gasteiger partial charge in [0.2, 0.25) is 0 Å². The van der Waals surface area contributed by atoms with Gasteiger partial charge in [0.25, 0.3) is 17.4 Å². The molecule has 1 fully saturated rings. The van der Waals surface area contributed by atoms with Crippen molar-refractivity contribution < 1.29 is 14.3 Å². The summed E-state index contributed by atoms with van der Waals surface area (Å²) in [4.78, 5) is 29.8. The molecule has 146 valence electrons. The van der Waals surface area contributed by atoms with Crippen LogP contribution in [0.4, 0.5) is 5.69 Å². The molecule has 2 aromatic rings. The van der Waals surface area contributed by atoms with E-state index in [4.69, 9.17) is 16.3 Å². The van der Waals surface area contributed by atoms with Crippen molar-refractivity contribution >= 4 is 29.1 Å². The first-order valence-electron chi connectivity index (χ1n) is 9.31. The molecule has 1 saturated heterocycles. The summed E-state index contributed by atoms with van der Waals surface area (Å²) in [6.07, 6.45) is 0. The lowest BCUT2D eigenvalue weighted by atomic mass is 10.00. The highest BCUT2D eigenvalue weighted by Gasteiger charge is 2.49. The Balaban J connectivity index is 1.42. The van der Waals surface area contributed by atoms with Crippen molar-refractivity contribution in [1.82, 2.24) is 9.80 Å². The second-order valence-electron chi connectivity index (χ2n) is 7.28. The first kappa shape index (κ1) is 18.8. The molecule has 4 rings (SSSR count). The minimum absolute atomic E-state index is 0.315. The predicted molar refractivity (Wildman–Crippen MR) is 107 cm³/mol. The van der Waals surface area contributed by atoms with Crippen LogP contribution in [0.1, 0.15) is 12.5 Å². The van der Waals surface area contributed by atoms with E-state index in [2.05, 4.69) is 22.3 Å². The van der Waals surface area contributed by atoms with Crippen LogP contribution in [-0.4, -0.2) is 53.4 Å². The second kappa shape index (κ2) is 7.45. The number of fused-ring (bicyclic) bond motifs is 1. The van der Waals surface area contributed by atoms with E-state index in [1.165, 1.54) is 12.5 Å². The van der Waals surface area contributed by atoms with Crippen LogP contribution in [0.25, 0.3) is 0 Å². The Kier molecular flexibility index (Phi) is 5.00. The number of ether oxygens (including phenoxy) is 1. The minimum atomic E-state index is -1.58. The van der Waals surface area contributed by atoms with E-state index < -0.39 is 11.5 Å². The van der Waals surface area contributed by atoms with Crippen LogP contribution in [0.15, 0.2) is 48.5 Å². The molecular weight excluding hydrogens is 378 g/mol. The summed E-state index contributed by atoms with van der Waals surface area (Å²) in [5.74, 6) is -0.341. The third-order valence-electron chi connectivity index (χ3n) is 5.25. The molecule has 7 heteroatoms. The molecule has 0 bridgehead atoms. The molecule has 2 aliphatic heterocycles. The summed E-state index contributed by atoms with van der Waals surface area (Å²) in [5.41, 5.74) is 0.151. The van der Waals surface area contributed by atoms with Crippen LogP contribution in [0.3, 0.4) is 0 Å². The molecule has 2 heterocycles. The summed E-state index contributed by atoms with van der Waals surface area (Å²) in [5, 5.41) is 3.24. The Labute approximate surface area is 169 Å². The zero-order valence-corrected chi connectivity index (χ0v) is 16.4. The quantitative estimate of drug-likeness (QED) is 0.806. The van der Waals surface area contributed by atoms with Crippen molar-refractivity contribution in [3.05, 3.63) is 59.1 Å². The lowest BCUT2D eigenvalue weighted by Crippen LogP contribution is -2.62. The number of hydrogen-bond donors (Lipinski definition) is 1. The standard InChI is InChI=1S/C21H22ClN3O3/c1-21(19(26)23-17-13-16(22)7-8-18(17)28-21)20(27)25-11-9-24(10-12-25)14-15-5-3-2-4-6-15/h2-8,13H,9-12,14H2,1H3,(H,23,26). The van der Waals surface area contributed by atoms with Gasteiger partial charge in [-0.1, -0.05) is 41.9 Å². The van der Waals surface area contributed by atoms with E-state index in [1.807, 2.05) is 18.2 Å². The molecule has 1 N–H and O–H groups in total. The number of carbonyl (C=O) groups excluding carboxylic acids is 2. The third-order valence-corrected chi connectivity index (χ3v) is 5.49. The van der Waals surface area contributed by atoms with Crippen molar-refractivity contribution in [3.63, 3.8) is 0 Å². The zero-order chi connectivity index (χ0) is 19.7. The average molecular weight is 400 g/mol. The van der Waals surface area contributed by atoms with E-state index in [0.29, 0.717) is 29.5 Å². The minimum Gasteiger partial charge on any atom is -0.466 e. The molecule has 0 spiro atoms. The number of hydrogen-bond acceptors (Lipinski definition) is 4. The number of nitrogens with zero attached hydrogens (tertiary/aromatic N) is 2. The van der Waals surface area contributed by atoms with E-state index in [0.717, 1.165) is 19.6 Å². The molecule has 1 atom stereocenters. The first-order valence-corrected chi connectivity index (χ1v) is 9.69. The van der Waals surface area contributed by atoms with Crippen molar-refractivity contribution in [2.45, 2.75) is 19.1 Å². The highest BCUT2D eigenvalue weighted by Crippen LogP contribution is 2.36. The number of anilines is 1. The van der Waals surface area contributed by atoms with Gasteiger partial charge in [-0.25, -0.2) is 0 Å². The number of benzene rings is 2. The van der Waals surface area contributed by atoms with Crippen LogP contribution in [0.5, 0.6) is 5.75 Å². The maximum atomic E-state index is 13.1. The first-order chi connectivity index (χ1) is 13.5. The smallest absolute Gasteiger partial charge is 0.278 e. The Morgan fingerprint density at radius 1 is 1.14 bits per heavy atom. The van der Waals surface area contributed by atoms with Gasteiger partial charge in [0.15, 0.2) is 0 Å². The van der Waals surface area contributed by atoms with Crippen molar-refractivity contribution in [3.8, 4) is 5.75 Å². The van der Waals surface area contributed by atoms with Gasteiger partial charge in [-0.2, -0.15) is 0 Å². The maximum Gasteiger partial charge on any atom is 0.278 e. The largest absolute Gasteiger partial charge is 0.466 e. The van der Waals surface area contributed by atoms with Crippen LogP contribution in [0, 0.1) is 0 Å². The number of carbonyl (C=O) groups is 2. The highest BCUT2D eigenvalue weighted by molar-refractivity contribution is 6.31. The summed E-state index contributed by atoms with van der Waals surface area (Å²) < 4.78 is 5.85. The van der Waals surface area contributed by atoms with Gasteiger partial charge >= 0.3 is 0 Å². The molecule has 28 heavy (non-hydrogen) atoms. The van der Waals surface area contributed by atoms with Gasteiger partial charge in [-0.15, -0.1) is 0 Å². The number of rotatable bonds is 3. The van der Waals surface area contributed by atoms with Crippen molar-refractivity contribution in [1.29, 1.82) is 0 Å². The zero-order valence-electron chi connectivity index (χ0n) is 15.7. The predicted octanol–water partition coefficient (Wildman–Crippen LogP) is 2.77.